The van der Waals surface area contributed by atoms with Crippen molar-refractivity contribution in [3.8, 4) is 0 Å². The van der Waals surface area contributed by atoms with Crippen LogP contribution in [-0.4, -0.2) is 0 Å². The number of benzene rings is 3. The molecule has 0 spiro atoms. The Balaban J connectivity index is 1.14. The first kappa shape index (κ1) is 25.0. The SMILES string of the molecule is CCc1ccc(CC[C@H]2CC[C@H](CCc3ccc(CCc4ccc(Cl)c(F)c4)cc3)CC2)cc1. The maximum absolute atomic E-state index is 13.6. The van der Waals surface area contributed by atoms with Crippen molar-refractivity contribution in [2.45, 2.75) is 77.6 Å². The van der Waals surface area contributed by atoms with E-state index in [2.05, 4.69) is 55.5 Å². The van der Waals surface area contributed by atoms with Gasteiger partial charge in [0.2, 0.25) is 0 Å². The molecular weight excluding hydrogens is 439 g/mol. The van der Waals surface area contributed by atoms with Crippen molar-refractivity contribution >= 4 is 11.6 Å². The molecule has 0 N–H and O–H groups in total. The number of halogens is 2. The third-order valence-electron chi connectivity index (χ3n) is 7.79. The van der Waals surface area contributed by atoms with Crippen molar-refractivity contribution in [2.24, 2.45) is 11.8 Å². The van der Waals surface area contributed by atoms with Crippen LogP contribution in [0.3, 0.4) is 0 Å². The van der Waals surface area contributed by atoms with Crippen molar-refractivity contribution in [3.63, 3.8) is 0 Å². The van der Waals surface area contributed by atoms with Gasteiger partial charge >= 0.3 is 0 Å². The van der Waals surface area contributed by atoms with Crippen LogP contribution in [0.15, 0.2) is 66.7 Å². The number of hydrogen-bond donors (Lipinski definition) is 0. The minimum Gasteiger partial charge on any atom is -0.205 e. The smallest absolute Gasteiger partial charge is 0.142 e. The Bertz CT molecular complexity index is 1010. The molecule has 0 aromatic heterocycles. The van der Waals surface area contributed by atoms with Crippen molar-refractivity contribution < 1.29 is 4.39 Å². The predicted octanol–water partition coefficient (Wildman–Crippen LogP) is 9.20. The van der Waals surface area contributed by atoms with Gasteiger partial charge in [0.15, 0.2) is 0 Å². The third-order valence-corrected chi connectivity index (χ3v) is 8.10. The summed E-state index contributed by atoms with van der Waals surface area (Å²) in [6, 6.07) is 23.4. The molecule has 1 aliphatic carbocycles. The summed E-state index contributed by atoms with van der Waals surface area (Å²) in [5, 5.41) is 0.194. The van der Waals surface area contributed by atoms with Gasteiger partial charge in [-0.05, 0) is 96.7 Å². The van der Waals surface area contributed by atoms with Gasteiger partial charge in [-0.25, -0.2) is 4.39 Å². The summed E-state index contributed by atoms with van der Waals surface area (Å²) in [4.78, 5) is 0. The van der Waals surface area contributed by atoms with Crippen molar-refractivity contribution in [1.29, 1.82) is 0 Å². The van der Waals surface area contributed by atoms with E-state index < -0.39 is 0 Å². The molecule has 0 atom stereocenters. The highest BCUT2D eigenvalue weighted by atomic mass is 35.5. The summed E-state index contributed by atoms with van der Waals surface area (Å²) >= 11 is 5.78. The quantitative estimate of drug-likeness (QED) is 0.273. The molecule has 0 aliphatic heterocycles. The fourth-order valence-corrected chi connectivity index (χ4v) is 5.47. The first-order valence-electron chi connectivity index (χ1n) is 13.2. The van der Waals surface area contributed by atoms with Crippen LogP contribution in [0.4, 0.5) is 4.39 Å². The molecule has 2 heteroatoms. The highest BCUT2D eigenvalue weighted by Crippen LogP contribution is 2.34. The standard InChI is InChI=1S/C32H38ClF/c1-2-24-3-5-25(6-4-24)7-8-26-9-11-27(12-10-26)13-14-28-15-17-29(18-16-28)19-20-30-21-22-31(33)32(34)23-30/h3-6,15-18,21-23,26-27H,2,7-14,19-20H2,1H3/t26-,27-. The van der Waals surface area contributed by atoms with Gasteiger partial charge in [0.25, 0.3) is 0 Å². The monoisotopic (exact) mass is 476 g/mol. The van der Waals surface area contributed by atoms with E-state index in [1.165, 1.54) is 73.6 Å². The second kappa shape index (κ2) is 12.5. The van der Waals surface area contributed by atoms with Gasteiger partial charge < -0.3 is 0 Å². The molecule has 0 saturated heterocycles. The third kappa shape index (κ3) is 7.44. The molecule has 0 heterocycles. The van der Waals surface area contributed by atoms with Crippen LogP contribution in [0.5, 0.6) is 0 Å². The van der Waals surface area contributed by atoms with Gasteiger partial charge in [-0.2, -0.15) is 0 Å². The van der Waals surface area contributed by atoms with Gasteiger partial charge in [0, 0.05) is 0 Å². The first-order chi connectivity index (χ1) is 16.6. The summed E-state index contributed by atoms with van der Waals surface area (Å²) < 4.78 is 13.6. The number of aryl methyl sites for hydroxylation is 5. The van der Waals surface area contributed by atoms with Gasteiger partial charge in [-0.3, -0.25) is 0 Å². The van der Waals surface area contributed by atoms with Crippen molar-refractivity contribution in [2.75, 3.05) is 0 Å². The average molecular weight is 477 g/mol. The van der Waals surface area contributed by atoms with E-state index in [0.29, 0.717) is 0 Å². The summed E-state index contributed by atoms with van der Waals surface area (Å²) in [6.07, 6.45) is 13.6. The zero-order chi connectivity index (χ0) is 23.8. The first-order valence-corrected chi connectivity index (χ1v) is 13.6. The van der Waals surface area contributed by atoms with Gasteiger partial charge in [-0.1, -0.05) is 98.8 Å². The average Bonchev–Trinajstić information content (AvgIpc) is 2.88. The minimum absolute atomic E-state index is 0.194. The maximum atomic E-state index is 13.6. The lowest BCUT2D eigenvalue weighted by Gasteiger charge is -2.28. The Morgan fingerprint density at radius 1 is 0.618 bits per heavy atom. The maximum Gasteiger partial charge on any atom is 0.142 e. The lowest BCUT2D eigenvalue weighted by atomic mass is 9.77. The summed E-state index contributed by atoms with van der Waals surface area (Å²) in [6.45, 7) is 2.22. The van der Waals surface area contributed by atoms with Gasteiger partial charge in [0.1, 0.15) is 5.82 Å². The van der Waals surface area contributed by atoms with Crippen LogP contribution in [-0.2, 0) is 32.1 Å². The van der Waals surface area contributed by atoms with Crippen LogP contribution in [0.1, 0.15) is 73.3 Å². The second-order valence-corrected chi connectivity index (χ2v) is 10.6. The summed E-state index contributed by atoms with van der Waals surface area (Å²) in [7, 11) is 0. The fraction of sp³-hybridized carbons (Fsp3) is 0.438. The highest BCUT2D eigenvalue weighted by Gasteiger charge is 2.20. The van der Waals surface area contributed by atoms with Crippen molar-refractivity contribution in [3.05, 3.63) is 105 Å². The molecule has 0 unspecified atom stereocenters. The molecule has 4 rings (SSSR count). The van der Waals surface area contributed by atoms with E-state index in [9.17, 15) is 4.39 Å². The van der Waals surface area contributed by atoms with E-state index in [1.807, 2.05) is 6.07 Å². The topological polar surface area (TPSA) is 0 Å². The predicted molar refractivity (Wildman–Crippen MR) is 143 cm³/mol. The molecule has 34 heavy (non-hydrogen) atoms. The van der Waals surface area contributed by atoms with Gasteiger partial charge in [0.05, 0.1) is 5.02 Å². The highest BCUT2D eigenvalue weighted by molar-refractivity contribution is 6.30. The Kier molecular flexibility index (Phi) is 9.22. The fourth-order valence-electron chi connectivity index (χ4n) is 5.35. The van der Waals surface area contributed by atoms with Crippen LogP contribution in [0.25, 0.3) is 0 Å². The lowest BCUT2D eigenvalue weighted by Crippen LogP contribution is -2.15. The lowest BCUT2D eigenvalue weighted by molar-refractivity contribution is 0.253. The van der Waals surface area contributed by atoms with E-state index in [-0.39, 0.29) is 10.8 Å². The minimum atomic E-state index is -0.328. The van der Waals surface area contributed by atoms with E-state index in [4.69, 9.17) is 11.6 Å². The zero-order valence-electron chi connectivity index (χ0n) is 20.5. The Morgan fingerprint density at radius 3 is 1.50 bits per heavy atom. The van der Waals surface area contributed by atoms with E-state index >= 15 is 0 Å². The molecule has 0 nitrogen and oxygen atoms in total. The van der Waals surface area contributed by atoms with Crippen molar-refractivity contribution in [1.82, 2.24) is 0 Å². The Hall–Kier alpha value is -2.12. The van der Waals surface area contributed by atoms with Gasteiger partial charge in [-0.15, -0.1) is 0 Å². The largest absolute Gasteiger partial charge is 0.205 e. The summed E-state index contributed by atoms with van der Waals surface area (Å²) in [5.41, 5.74) is 6.69. The van der Waals surface area contributed by atoms with Crippen LogP contribution in [0, 0.1) is 17.7 Å². The molecule has 0 bridgehead atoms. The molecule has 1 fully saturated rings. The van der Waals surface area contributed by atoms with Crippen LogP contribution >= 0.6 is 11.6 Å². The molecule has 1 aliphatic rings. The molecule has 180 valence electrons. The molecule has 1 saturated carbocycles. The normalized spacial score (nSPS) is 18.2. The van der Waals surface area contributed by atoms with Crippen LogP contribution in [0.2, 0.25) is 5.02 Å². The molecule has 0 amide bonds. The van der Waals surface area contributed by atoms with Crippen LogP contribution < -0.4 is 0 Å². The van der Waals surface area contributed by atoms with E-state index in [0.717, 1.165) is 36.7 Å². The Morgan fingerprint density at radius 2 is 1.03 bits per heavy atom. The molecule has 3 aromatic rings. The number of hydrogen-bond acceptors (Lipinski definition) is 0. The molecular formula is C32H38ClF. The number of rotatable bonds is 10. The summed E-state index contributed by atoms with van der Waals surface area (Å²) in [5.74, 6) is 1.47. The Labute approximate surface area is 210 Å². The molecule has 0 radical (unpaired) electrons. The van der Waals surface area contributed by atoms with E-state index in [1.54, 1.807) is 12.1 Å². The zero-order valence-corrected chi connectivity index (χ0v) is 21.3. The second-order valence-electron chi connectivity index (χ2n) is 10.2. The molecule has 3 aromatic carbocycles.